The monoisotopic (exact) mass is 375 g/mol. The number of carbonyl (C=O) groups excluding carboxylic acids is 1. The van der Waals surface area contributed by atoms with Gasteiger partial charge in [0, 0.05) is 36.6 Å². The van der Waals surface area contributed by atoms with Crippen LogP contribution in [-0.4, -0.2) is 43.2 Å². The SMILES string of the molecule is Cc1cc(CCNC(=O)c2ccc(S(=O)(=O)N3CCCC3)cc2)c(C)[nH]1. The molecule has 0 saturated carbocycles. The van der Waals surface area contributed by atoms with E-state index in [0.29, 0.717) is 25.2 Å². The molecule has 1 saturated heterocycles. The first kappa shape index (κ1) is 18.7. The first-order valence-corrected chi connectivity index (χ1v) is 10.4. The fourth-order valence-corrected chi connectivity index (χ4v) is 4.83. The molecule has 0 aliphatic carbocycles. The first-order valence-electron chi connectivity index (χ1n) is 8.91. The predicted molar refractivity (Wildman–Crippen MR) is 101 cm³/mol. The van der Waals surface area contributed by atoms with E-state index in [0.717, 1.165) is 30.7 Å². The van der Waals surface area contributed by atoms with Gasteiger partial charge in [-0.1, -0.05) is 0 Å². The number of nitrogens with zero attached hydrogens (tertiary/aromatic N) is 1. The summed E-state index contributed by atoms with van der Waals surface area (Å²) in [6, 6.07) is 8.26. The molecular formula is C19H25N3O3S. The molecule has 26 heavy (non-hydrogen) atoms. The number of aryl methyl sites for hydroxylation is 2. The molecule has 1 aliphatic heterocycles. The summed E-state index contributed by atoms with van der Waals surface area (Å²) in [6.07, 6.45) is 2.56. The second-order valence-electron chi connectivity index (χ2n) is 6.74. The average molecular weight is 375 g/mol. The van der Waals surface area contributed by atoms with E-state index in [1.807, 2.05) is 13.8 Å². The maximum absolute atomic E-state index is 12.5. The number of rotatable bonds is 6. The highest BCUT2D eigenvalue weighted by Crippen LogP contribution is 2.21. The van der Waals surface area contributed by atoms with Crippen LogP contribution in [-0.2, 0) is 16.4 Å². The Hall–Kier alpha value is -2.12. The van der Waals surface area contributed by atoms with Gasteiger partial charge in [-0.2, -0.15) is 4.31 Å². The van der Waals surface area contributed by atoms with Crippen molar-refractivity contribution in [1.29, 1.82) is 0 Å². The molecule has 0 radical (unpaired) electrons. The topological polar surface area (TPSA) is 82.3 Å². The smallest absolute Gasteiger partial charge is 0.251 e. The lowest BCUT2D eigenvalue weighted by molar-refractivity contribution is 0.0954. The number of H-pyrrole nitrogens is 1. The Morgan fingerprint density at radius 1 is 1.15 bits per heavy atom. The molecule has 1 aromatic carbocycles. The third-order valence-corrected chi connectivity index (χ3v) is 6.67. The molecule has 0 spiro atoms. The fourth-order valence-electron chi connectivity index (χ4n) is 3.31. The molecule has 1 aliphatic rings. The van der Waals surface area contributed by atoms with E-state index in [9.17, 15) is 13.2 Å². The number of carbonyl (C=O) groups is 1. The third kappa shape index (κ3) is 3.99. The van der Waals surface area contributed by atoms with Crippen molar-refractivity contribution in [3.63, 3.8) is 0 Å². The molecule has 3 rings (SSSR count). The van der Waals surface area contributed by atoms with Crippen molar-refractivity contribution in [1.82, 2.24) is 14.6 Å². The number of amides is 1. The van der Waals surface area contributed by atoms with Gasteiger partial charge < -0.3 is 10.3 Å². The summed E-state index contributed by atoms with van der Waals surface area (Å²) in [5.41, 5.74) is 3.88. The lowest BCUT2D eigenvalue weighted by Gasteiger charge is -2.15. The minimum atomic E-state index is -3.44. The molecule has 0 bridgehead atoms. The number of nitrogens with one attached hydrogen (secondary N) is 2. The highest BCUT2D eigenvalue weighted by atomic mass is 32.2. The second kappa shape index (κ2) is 7.63. The van der Waals surface area contributed by atoms with E-state index in [4.69, 9.17) is 0 Å². The van der Waals surface area contributed by atoms with Crippen LogP contribution in [0.15, 0.2) is 35.2 Å². The fraction of sp³-hybridized carbons (Fsp3) is 0.421. The summed E-state index contributed by atoms with van der Waals surface area (Å²) in [5.74, 6) is -0.194. The van der Waals surface area contributed by atoms with E-state index >= 15 is 0 Å². The van der Waals surface area contributed by atoms with Gasteiger partial charge in [-0.15, -0.1) is 0 Å². The number of hydrogen-bond donors (Lipinski definition) is 2. The van der Waals surface area contributed by atoms with Gasteiger partial charge in [-0.25, -0.2) is 8.42 Å². The molecule has 140 valence electrons. The second-order valence-corrected chi connectivity index (χ2v) is 8.68. The van der Waals surface area contributed by atoms with Crippen LogP contribution in [0.25, 0.3) is 0 Å². The number of hydrogen-bond acceptors (Lipinski definition) is 3. The van der Waals surface area contributed by atoms with Crippen LogP contribution in [0, 0.1) is 13.8 Å². The molecule has 2 heterocycles. The van der Waals surface area contributed by atoms with Gasteiger partial charge >= 0.3 is 0 Å². The number of benzene rings is 1. The molecule has 0 atom stereocenters. The Bertz CT molecular complexity index is 879. The normalized spacial score (nSPS) is 15.3. The zero-order valence-corrected chi connectivity index (χ0v) is 16.0. The summed E-state index contributed by atoms with van der Waals surface area (Å²) in [4.78, 5) is 15.8. The van der Waals surface area contributed by atoms with Crippen LogP contribution < -0.4 is 5.32 Å². The number of aromatic nitrogens is 1. The lowest BCUT2D eigenvalue weighted by atomic mass is 10.1. The van der Waals surface area contributed by atoms with Gasteiger partial charge in [0.15, 0.2) is 0 Å². The summed E-state index contributed by atoms with van der Waals surface area (Å²) in [5, 5.41) is 2.88. The van der Waals surface area contributed by atoms with Crippen molar-refractivity contribution in [2.24, 2.45) is 0 Å². The largest absolute Gasteiger partial charge is 0.362 e. The standard InChI is InChI=1S/C19H25N3O3S/c1-14-13-17(15(2)21-14)9-10-20-19(23)16-5-7-18(8-6-16)26(24,25)22-11-3-4-12-22/h5-8,13,21H,3-4,9-12H2,1-2H3,(H,20,23). The van der Waals surface area contributed by atoms with E-state index < -0.39 is 10.0 Å². The summed E-state index contributed by atoms with van der Waals surface area (Å²) < 4.78 is 26.5. The quantitative estimate of drug-likeness (QED) is 0.813. The van der Waals surface area contributed by atoms with Crippen LogP contribution in [0.1, 0.15) is 40.2 Å². The van der Waals surface area contributed by atoms with Crippen LogP contribution in [0.3, 0.4) is 0 Å². The molecule has 6 nitrogen and oxygen atoms in total. The Balaban J connectivity index is 1.59. The zero-order chi connectivity index (χ0) is 18.7. The van der Waals surface area contributed by atoms with Gasteiger partial charge in [0.2, 0.25) is 10.0 Å². The van der Waals surface area contributed by atoms with Crippen molar-refractivity contribution in [3.05, 3.63) is 52.8 Å². The van der Waals surface area contributed by atoms with Crippen LogP contribution >= 0.6 is 0 Å². The van der Waals surface area contributed by atoms with Crippen molar-refractivity contribution in [2.45, 2.75) is 38.0 Å². The van der Waals surface area contributed by atoms with Gasteiger partial charge in [-0.3, -0.25) is 4.79 Å². The van der Waals surface area contributed by atoms with Crippen LogP contribution in [0.2, 0.25) is 0 Å². The van der Waals surface area contributed by atoms with E-state index in [1.165, 1.54) is 22.0 Å². The predicted octanol–water partition coefficient (Wildman–Crippen LogP) is 2.39. The van der Waals surface area contributed by atoms with E-state index in [1.54, 1.807) is 12.1 Å². The molecular weight excluding hydrogens is 350 g/mol. The van der Waals surface area contributed by atoms with E-state index in [2.05, 4.69) is 16.4 Å². The lowest BCUT2D eigenvalue weighted by Crippen LogP contribution is -2.28. The Morgan fingerprint density at radius 2 is 1.81 bits per heavy atom. The molecule has 1 amide bonds. The van der Waals surface area contributed by atoms with Crippen molar-refractivity contribution >= 4 is 15.9 Å². The molecule has 2 N–H and O–H groups in total. The molecule has 2 aromatic rings. The maximum atomic E-state index is 12.5. The maximum Gasteiger partial charge on any atom is 0.251 e. The van der Waals surface area contributed by atoms with Crippen molar-refractivity contribution < 1.29 is 13.2 Å². The van der Waals surface area contributed by atoms with Crippen LogP contribution in [0.4, 0.5) is 0 Å². The Morgan fingerprint density at radius 3 is 2.38 bits per heavy atom. The highest BCUT2D eigenvalue weighted by molar-refractivity contribution is 7.89. The number of aromatic amines is 1. The minimum Gasteiger partial charge on any atom is -0.362 e. The van der Waals surface area contributed by atoms with Gasteiger partial charge in [0.1, 0.15) is 0 Å². The number of sulfonamides is 1. The summed E-state index contributed by atoms with van der Waals surface area (Å²) in [6.45, 7) is 5.70. The minimum absolute atomic E-state index is 0.194. The summed E-state index contributed by atoms with van der Waals surface area (Å²) in [7, 11) is -3.44. The van der Waals surface area contributed by atoms with E-state index in [-0.39, 0.29) is 10.8 Å². The Labute approximate surface area is 154 Å². The van der Waals surface area contributed by atoms with Gasteiger partial charge in [0.05, 0.1) is 4.90 Å². The summed E-state index contributed by atoms with van der Waals surface area (Å²) >= 11 is 0. The Kier molecular flexibility index (Phi) is 5.48. The van der Waals surface area contributed by atoms with Crippen molar-refractivity contribution in [3.8, 4) is 0 Å². The third-order valence-electron chi connectivity index (χ3n) is 4.76. The first-order chi connectivity index (χ1) is 12.4. The molecule has 1 aromatic heterocycles. The van der Waals surface area contributed by atoms with Crippen LogP contribution in [0.5, 0.6) is 0 Å². The van der Waals surface area contributed by atoms with Gasteiger partial charge in [-0.05, 0) is 69.0 Å². The average Bonchev–Trinajstić information content (AvgIpc) is 3.25. The molecule has 1 fully saturated rings. The zero-order valence-electron chi connectivity index (χ0n) is 15.2. The molecule has 7 heteroatoms. The molecule has 0 unspecified atom stereocenters. The van der Waals surface area contributed by atoms with Crippen molar-refractivity contribution in [2.75, 3.05) is 19.6 Å². The van der Waals surface area contributed by atoms with Gasteiger partial charge in [0.25, 0.3) is 5.91 Å². The highest BCUT2D eigenvalue weighted by Gasteiger charge is 2.27.